The second-order valence-corrected chi connectivity index (χ2v) is 4.02. The Balaban J connectivity index is 2.11. The van der Waals surface area contributed by atoms with Crippen LogP contribution < -0.4 is 10.1 Å². The zero-order valence-electron chi connectivity index (χ0n) is 9.04. The van der Waals surface area contributed by atoms with E-state index < -0.39 is 5.92 Å². The van der Waals surface area contributed by atoms with Gasteiger partial charge in [0.1, 0.15) is 0 Å². The number of aromatic nitrogens is 1. The van der Waals surface area contributed by atoms with Crippen molar-refractivity contribution in [1.29, 1.82) is 0 Å². The molecule has 1 N–H and O–H groups in total. The van der Waals surface area contributed by atoms with E-state index in [-0.39, 0.29) is 18.9 Å². The molecular weight excluding hydrogens is 214 g/mol. The molecule has 0 radical (unpaired) electrons. The predicted octanol–water partition coefficient (Wildman–Crippen LogP) is 1.80. The SMILES string of the molecule is COc1ccc([C@H]2CNCC(F)(F)C2)cn1. The third-order valence-corrected chi connectivity index (χ3v) is 2.76. The number of ether oxygens (including phenoxy) is 1. The van der Waals surface area contributed by atoms with Gasteiger partial charge >= 0.3 is 0 Å². The number of hydrogen-bond donors (Lipinski definition) is 1. The molecular formula is C11H14F2N2O. The lowest BCUT2D eigenvalue weighted by molar-refractivity contribution is -0.0278. The van der Waals surface area contributed by atoms with Gasteiger partial charge in [-0.2, -0.15) is 0 Å². The minimum Gasteiger partial charge on any atom is -0.481 e. The molecule has 0 amide bonds. The number of rotatable bonds is 2. The second kappa shape index (κ2) is 4.33. The van der Waals surface area contributed by atoms with E-state index in [2.05, 4.69) is 10.3 Å². The number of pyridine rings is 1. The molecule has 0 unspecified atom stereocenters. The third-order valence-electron chi connectivity index (χ3n) is 2.76. The molecule has 2 rings (SSSR count). The van der Waals surface area contributed by atoms with Gasteiger partial charge in [0, 0.05) is 31.1 Å². The summed E-state index contributed by atoms with van der Waals surface area (Å²) in [6.07, 6.45) is 1.49. The van der Waals surface area contributed by atoms with Gasteiger partial charge in [0.15, 0.2) is 0 Å². The van der Waals surface area contributed by atoms with E-state index in [1.807, 2.05) is 0 Å². The first-order chi connectivity index (χ1) is 7.61. The van der Waals surface area contributed by atoms with Gasteiger partial charge in [-0.3, -0.25) is 0 Å². The zero-order valence-corrected chi connectivity index (χ0v) is 9.04. The van der Waals surface area contributed by atoms with Crippen LogP contribution in [0, 0.1) is 0 Å². The molecule has 1 fully saturated rings. The summed E-state index contributed by atoms with van der Waals surface area (Å²) in [5.74, 6) is -2.30. The van der Waals surface area contributed by atoms with E-state index in [1.165, 1.54) is 7.11 Å². The fourth-order valence-electron chi connectivity index (χ4n) is 1.92. The number of nitrogens with zero attached hydrogens (tertiary/aromatic N) is 1. The molecule has 5 heteroatoms. The topological polar surface area (TPSA) is 34.1 Å². The van der Waals surface area contributed by atoms with Gasteiger partial charge in [0.05, 0.1) is 13.7 Å². The van der Waals surface area contributed by atoms with E-state index in [0.29, 0.717) is 12.4 Å². The Bertz CT molecular complexity index is 354. The summed E-state index contributed by atoms with van der Waals surface area (Å²) >= 11 is 0. The van der Waals surface area contributed by atoms with E-state index >= 15 is 0 Å². The summed E-state index contributed by atoms with van der Waals surface area (Å²) in [6.45, 7) is 0.344. The van der Waals surface area contributed by atoms with E-state index in [9.17, 15) is 8.78 Å². The first-order valence-electron chi connectivity index (χ1n) is 5.19. The Labute approximate surface area is 92.8 Å². The van der Waals surface area contributed by atoms with Crippen molar-refractivity contribution in [2.75, 3.05) is 20.2 Å². The number of alkyl halides is 2. The van der Waals surface area contributed by atoms with Crippen LogP contribution in [0.15, 0.2) is 18.3 Å². The highest BCUT2D eigenvalue weighted by molar-refractivity contribution is 5.22. The normalized spacial score (nSPS) is 24.1. The summed E-state index contributed by atoms with van der Waals surface area (Å²) in [7, 11) is 1.53. The van der Waals surface area contributed by atoms with Gasteiger partial charge < -0.3 is 10.1 Å². The standard InChI is InChI=1S/C11H14F2N2O/c1-16-10-3-2-8(6-15-10)9-4-11(12,13)7-14-5-9/h2-3,6,9,14H,4-5,7H2,1H3/t9-/m1/s1. The Morgan fingerprint density at radius 2 is 2.31 bits per heavy atom. The van der Waals surface area contributed by atoms with Crippen molar-refractivity contribution >= 4 is 0 Å². The van der Waals surface area contributed by atoms with Crippen molar-refractivity contribution in [1.82, 2.24) is 10.3 Å². The number of halogens is 2. The van der Waals surface area contributed by atoms with Crippen LogP contribution in [-0.2, 0) is 0 Å². The maximum Gasteiger partial charge on any atom is 0.260 e. The van der Waals surface area contributed by atoms with Crippen LogP contribution in [0.1, 0.15) is 17.9 Å². The lowest BCUT2D eigenvalue weighted by atomic mass is 9.91. The quantitative estimate of drug-likeness (QED) is 0.838. The molecule has 1 aromatic heterocycles. The van der Waals surface area contributed by atoms with Crippen LogP contribution in [0.2, 0.25) is 0 Å². The first-order valence-corrected chi connectivity index (χ1v) is 5.19. The number of nitrogens with one attached hydrogen (secondary N) is 1. The molecule has 0 spiro atoms. The lowest BCUT2D eigenvalue weighted by Gasteiger charge is -2.29. The van der Waals surface area contributed by atoms with Crippen LogP contribution in [0.3, 0.4) is 0 Å². The van der Waals surface area contributed by atoms with Crippen LogP contribution in [0.25, 0.3) is 0 Å². The van der Waals surface area contributed by atoms with Gasteiger partial charge in [-0.15, -0.1) is 0 Å². The Morgan fingerprint density at radius 3 is 2.88 bits per heavy atom. The van der Waals surface area contributed by atoms with Crippen molar-refractivity contribution in [3.05, 3.63) is 23.9 Å². The average molecular weight is 228 g/mol. The lowest BCUT2D eigenvalue weighted by Crippen LogP contribution is -2.42. The molecule has 0 bridgehead atoms. The molecule has 0 aliphatic carbocycles. The number of methoxy groups -OCH3 is 1. The molecule has 2 heterocycles. The first kappa shape index (κ1) is 11.3. The van der Waals surface area contributed by atoms with E-state index in [1.54, 1.807) is 18.3 Å². The maximum absolute atomic E-state index is 13.2. The highest BCUT2D eigenvalue weighted by atomic mass is 19.3. The van der Waals surface area contributed by atoms with Crippen molar-refractivity contribution in [2.45, 2.75) is 18.3 Å². The molecule has 1 atom stereocenters. The minimum absolute atomic E-state index is 0.117. The molecule has 1 saturated heterocycles. The molecule has 3 nitrogen and oxygen atoms in total. The molecule has 0 saturated carbocycles. The third kappa shape index (κ3) is 2.47. The minimum atomic E-state index is -2.62. The van der Waals surface area contributed by atoms with E-state index in [4.69, 9.17) is 4.74 Å². The fraction of sp³-hybridized carbons (Fsp3) is 0.545. The monoisotopic (exact) mass is 228 g/mol. The predicted molar refractivity (Wildman–Crippen MR) is 56.0 cm³/mol. The summed E-state index contributed by atoms with van der Waals surface area (Å²) in [4.78, 5) is 4.03. The summed E-state index contributed by atoms with van der Waals surface area (Å²) < 4.78 is 31.3. The summed E-state index contributed by atoms with van der Waals surface area (Å²) in [5, 5.41) is 2.74. The van der Waals surface area contributed by atoms with Crippen molar-refractivity contribution in [3.8, 4) is 5.88 Å². The van der Waals surface area contributed by atoms with Crippen LogP contribution in [0.5, 0.6) is 5.88 Å². The van der Waals surface area contributed by atoms with Crippen molar-refractivity contribution < 1.29 is 13.5 Å². The van der Waals surface area contributed by atoms with Crippen LogP contribution >= 0.6 is 0 Å². The van der Waals surface area contributed by atoms with Gasteiger partial charge in [-0.05, 0) is 5.56 Å². The highest BCUT2D eigenvalue weighted by Gasteiger charge is 2.36. The average Bonchev–Trinajstić information content (AvgIpc) is 2.28. The number of piperidine rings is 1. The summed E-state index contributed by atoms with van der Waals surface area (Å²) in [5.41, 5.74) is 0.827. The summed E-state index contributed by atoms with van der Waals surface area (Å²) in [6, 6.07) is 3.49. The van der Waals surface area contributed by atoms with Crippen molar-refractivity contribution in [3.63, 3.8) is 0 Å². The van der Waals surface area contributed by atoms with Crippen LogP contribution in [-0.4, -0.2) is 31.1 Å². The van der Waals surface area contributed by atoms with Gasteiger partial charge in [-0.1, -0.05) is 6.07 Å². The van der Waals surface area contributed by atoms with Gasteiger partial charge in [0.25, 0.3) is 5.92 Å². The molecule has 1 aliphatic heterocycles. The highest BCUT2D eigenvalue weighted by Crippen LogP contribution is 2.32. The van der Waals surface area contributed by atoms with E-state index in [0.717, 1.165) is 5.56 Å². The Hall–Kier alpha value is -1.23. The molecule has 1 aliphatic rings. The largest absolute Gasteiger partial charge is 0.481 e. The maximum atomic E-state index is 13.2. The Kier molecular flexibility index (Phi) is 3.05. The molecule has 88 valence electrons. The van der Waals surface area contributed by atoms with Crippen molar-refractivity contribution in [2.24, 2.45) is 0 Å². The Morgan fingerprint density at radius 1 is 1.50 bits per heavy atom. The second-order valence-electron chi connectivity index (χ2n) is 4.02. The van der Waals surface area contributed by atoms with Gasteiger partial charge in [0.2, 0.25) is 5.88 Å². The molecule has 0 aromatic carbocycles. The van der Waals surface area contributed by atoms with Gasteiger partial charge in [-0.25, -0.2) is 13.8 Å². The fourth-order valence-corrected chi connectivity index (χ4v) is 1.92. The van der Waals surface area contributed by atoms with Crippen LogP contribution in [0.4, 0.5) is 8.78 Å². The molecule has 1 aromatic rings. The number of hydrogen-bond acceptors (Lipinski definition) is 3. The zero-order chi connectivity index (χ0) is 11.6. The molecule has 16 heavy (non-hydrogen) atoms. The smallest absolute Gasteiger partial charge is 0.260 e.